The van der Waals surface area contributed by atoms with Gasteiger partial charge in [0.2, 0.25) is 0 Å². The van der Waals surface area contributed by atoms with Crippen LogP contribution in [0.25, 0.3) is 145 Å². The number of rotatable bonds is 10. The molecule has 0 saturated carbocycles. The van der Waals surface area contributed by atoms with E-state index < -0.39 is 0 Å². The Morgan fingerprint density at radius 1 is 0.250 bits per heavy atom. The van der Waals surface area contributed by atoms with Crippen molar-refractivity contribution < 1.29 is 0 Å². The van der Waals surface area contributed by atoms with Crippen molar-refractivity contribution in [2.24, 2.45) is 0 Å². The lowest BCUT2D eigenvalue weighted by molar-refractivity contribution is 1.06. The molecule has 12 aromatic carbocycles. The van der Waals surface area contributed by atoms with Crippen LogP contribution in [-0.4, -0.2) is 24.1 Å². The van der Waals surface area contributed by atoms with E-state index in [1.165, 1.54) is 0 Å². The van der Waals surface area contributed by atoms with Crippen LogP contribution in [0.5, 0.6) is 0 Å². The summed E-state index contributed by atoms with van der Waals surface area (Å²) < 4.78 is 4.58. The van der Waals surface area contributed by atoms with Gasteiger partial charge in [0.1, 0.15) is 6.07 Å². The highest BCUT2D eigenvalue weighted by atomic mass is 15.1. The molecule has 7 nitrogen and oxygen atoms in total. The Kier molecular flexibility index (Phi) is 12.2. The van der Waals surface area contributed by atoms with Crippen molar-refractivity contribution in [3.05, 3.63) is 296 Å². The molecule has 0 fully saturated rings. The normalized spacial score (nSPS) is 11.3. The quantitative estimate of drug-likeness (QED) is 0.136. The van der Waals surface area contributed by atoms with Crippen LogP contribution in [0.2, 0.25) is 0 Å². The minimum Gasteiger partial charge on any atom is -0.308 e. The smallest absolute Gasteiger partial charge is 0.166 e. The lowest BCUT2D eigenvalue weighted by Gasteiger charge is -2.17. The zero-order chi connectivity index (χ0) is 56.1. The molecule has 0 bridgehead atoms. The highest BCUT2D eigenvalue weighted by Gasteiger charge is 2.23. The second-order valence-corrected chi connectivity index (χ2v) is 21.0. The summed E-state index contributed by atoms with van der Waals surface area (Å²) in [5.41, 5.74) is 19.7. The summed E-state index contributed by atoms with van der Waals surface area (Å²) >= 11 is 0. The van der Waals surface area contributed by atoms with Crippen LogP contribution < -0.4 is 0 Å². The first-order valence-corrected chi connectivity index (χ1v) is 27.9. The Hall–Kier alpha value is -11.8. The third kappa shape index (κ3) is 8.74. The van der Waals surface area contributed by atoms with Crippen LogP contribution in [0.4, 0.5) is 0 Å². The van der Waals surface area contributed by atoms with Gasteiger partial charge in [-0.05, 0) is 141 Å². The second kappa shape index (κ2) is 20.7. The summed E-state index contributed by atoms with van der Waals surface area (Å²) in [7, 11) is 0. The van der Waals surface area contributed by atoms with E-state index in [-0.39, 0.29) is 0 Å². The van der Waals surface area contributed by atoms with Gasteiger partial charge in [-0.25, -0.2) is 15.0 Å². The van der Waals surface area contributed by atoms with E-state index >= 15 is 0 Å². The van der Waals surface area contributed by atoms with E-state index in [0.29, 0.717) is 34.2 Å². The fourth-order valence-corrected chi connectivity index (χ4v) is 12.0. The van der Waals surface area contributed by atoms with E-state index in [4.69, 9.17) is 15.0 Å². The van der Waals surface area contributed by atoms with E-state index in [2.05, 4.69) is 221 Å². The molecule has 3 aromatic heterocycles. The van der Waals surface area contributed by atoms with Gasteiger partial charge in [-0.2, -0.15) is 10.5 Å². The van der Waals surface area contributed by atoms with Gasteiger partial charge in [0.25, 0.3) is 0 Å². The molecule has 15 aromatic rings. The third-order valence-electron chi connectivity index (χ3n) is 16.0. The van der Waals surface area contributed by atoms with Crippen LogP contribution >= 0.6 is 0 Å². The molecule has 15 rings (SSSR count). The summed E-state index contributed by atoms with van der Waals surface area (Å²) in [5, 5.41) is 25.7. The van der Waals surface area contributed by atoms with Crippen molar-refractivity contribution in [1.29, 1.82) is 10.5 Å². The summed E-state index contributed by atoms with van der Waals surface area (Å²) in [6, 6.07) is 104. The summed E-state index contributed by atoms with van der Waals surface area (Å²) in [6.45, 7) is 0. The second-order valence-electron chi connectivity index (χ2n) is 21.0. The summed E-state index contributed by atoms with van der Waals surface area (Å²) in [6.07, 6.45) is 0. The first kappa shape index (κ1) is 49.3. The van der Waals surface area contributed by atoms with Gasteiger partial charge in [0, 0.05) is 38.2 Å². The molecule has 7 heteroatoms. The van der Waals surface area contributed by atoms with E-state index in [1.807, 2.05) is 78.9 Å². The van der Waals surface area contributed by atoms with Crippen molar-refractivity contribution in [2.45, 2.75) is 0 Å². The molecule has 84 heavy (non-hydrogen) atoms. The molecule has 0 unspecified atom stereocenters. The number of nitriles is 2. The topological polar surface area (TPSA) is 96.1 Å². The zero-order valence-corrected chi connectivity index (χ0v) is 45.3. The maximum absolute atomic E-state index is 11.3. The lowest BCUT2D eigenvalue weighted by atomic mass is 9.98. The van der Waals surface area contributed by atoms with Crippen molar-refractivity contribution in [3.8, 4) is 113 Å². The molecule has 0 spiro atoms. The Bertz CT molecular complexity index is 4940. The lowest BCUT2D eigenvalue weighted by Crippen LogP contribution is -2.04. The SMILES string of the molecule is N#Cc1cccc(-c2nc(-c3ccccc3)nc(-c3ccc(-c4ccc(-n5c6ccc(-c7ccccc7)cc6c6cc(-c7ccccc7)ccc65)c(C#N)c4)cc3-n3c4ccc(-c5ccccc5)cc4c4cc(-c5ccccc5)ccc43)n2)c1. The Morgan fingerprint density at radius 2 is 0.607 bits per heavy atom. The Labute approximate surface area is 485 Å². The minimum absolute atomic E-state index is 0.445. The first-order valence-electron chi connectivity index (χ1n) is 27.9. The highest BCUT2D eigenvalue weighted by Crippen LogP contribution is 2.43. The molecule has 3 heterocycles. The maximum atomic E-state index is 11.3. The number of nitrogens with zero attached hydrogens (tertiary/aromatic N) is 7. The molecule has 0 aliphatic carbocycles. The van der Waals surface area contributed by atoms with Crippen molar-refractivity contribution >= 4 is 43.6 Å². The van der Waals surface area contributed by atoms with Crippen molar-refractivity contribution in [2.75, 3.05) is 0 Å². The molecule has 0 atom stereocenters. The molecular weight excluding hydrogens is 1020 g/mol. The fourth-order valence-electron chi connectivity index (χ4n) is 12.0. The molecular formula is C77H47N7. The molecule has 0 amide bonds. The predicted octanol–water partition coefficient (Wildman–Crippen LogP) is 19.1. The molecule has 0 saturated heterocycles. The summed E-state index contributed by atoms with van der Waals surface area (Å²) in [5.74, 6) is 1.41. The van der Waals surface area contributed by atoms with Crippen LogP contribution in [0, 0.1) is 22.7 Å². The van der Waals surface area contributed by atoms with Gasteiger partial charge in [-0.1, -0.05) is 200 Å². The van der Waals surface area contributed by atoms with Gasteiger partial charge in [0.05, 0.1) is 50.6 Å². The third-order valence-corrected chi connectivity index (χ3v) is 16.0. The number of aromatic nitrogens is 5. The van der Waals surface area contributed by atoms with Gasteiger partial charge >= 0.3 is 0 Å². The number of benzene rings is 12. The van der Waals surface area contributed by atoms with Crippen LogP contribution in [0.3, 0.4) is 0 Å². The largest absolute Gasteiger partial charge is 0.308 e. The van der Waals surface area contributed by atoms with E-state index in [1.54, 1.807) is 6.07 Å². The van der Waals surface area contributed by atoms with Crippen molar-refractivity contribution in [1.82, 2.24) is 24.1 Å². The number of fused-ring (bicyclic) bond motifs is 6. The number of hydrogen-bond acceptors (Lipinski definition) is 5. The van der Waals surface area contributed by atoms with Crippen LogP contribution in [0.1, 0.15) is 11.1 Å². The number of hydrogen-bond donors (Lipinski definition) is 0. The van der Waals surface area contributed by atoms with Gasteiger partial charge < -0.3 is 9.13 Å². The average Bonchev–Trinajstić information content (AvgIpc) is 2.15. The van der Waals surface area contributed by atoms with E-state index in [0.717, 1.165) is 122 Å². The monoisotopic (exact) mass is 1070 g/mol. The summed E-state index contributed by atoms with van der Waals surface area (Å²) in [4.78, 5) is 15.6. The fraction of sp³-hybridized carbons (Fsp3) is 0. The minimum atomic E-state index is 0.445. The predicted molar refractivity (Wildman–Crippen MR) is 341 cm³/mol. The van der Waals surface area contributed by atoms with Gasteiger partial charge in [-0.3, -0.25) is 0 Å². The maximum Gasteiger partial charge on any atom is 0.166 e. The van der Waals surface area contributed by atoms with Crippen molar-refractivity contribution in [3.63, 3.8) is 0 Å². The molecule has 0 aliphatic heterocycles. The molecule has 390 valence electrons. The van der Waals surface area contributed by atoms with E-state index in [9.17, 15) is 10.5 Å². The zero-order valence-electron chi connectivity index (χ0n) is 45.3. The molecule has 0 radical (unpaired) electrons. The first-order chi connectivity index (χ1) is 41.5. The standard InChI is InChI=1S/C77H47N7/c78-48-50-17-16-28-62(41-50)76-80-75(55-26-14-5-15-27-55)81-77(82-76)64-35-29-61(47-74(64)84-72-39-33-59(53-22-10-3-11-23-53)45-67(72)68-46-60(34-40-73(68)84)54-24-12-4-13-25-54)56-30-36-69(63(42-56)49-79)83-70-37-31-57(51-18-6-1-7-19-51)43-65(70)66-44-58(32-38-71(66)83)52-20-8-2-9-21-52/h1-47H. The average molecular weight is 1070 g/mol. The van der Waals surface area contributed by atoms with Gasteiger partial charge in [0.15, 0.2) is 17.5 Å². The molecule has 0 N–H and O–H groups in total. The van der Waals surface area contributed by atoms with Gasteiger partial charge in [-0.15, -0.1) is 0 Å². The Balaban J connectivity index is 0.960. The molecule has 0 aliphatic rings. The highest BCUT2D eigenvalue weighted by molar-refractivity contribution is 6.13. The van der Waals surface area contributed by atoms with Crippen LogP contribution in [-0.2, 0) is 0 Å². The van der Waals surface area contributed by atoms with Crippen LogP contribution in [0.15, 0.2) is 285 Å². The Morgan fingerprint density at radius 3 is 1.05 bits per heavy atom.